The third-order valence-corrected chi connectivity index (χ3v) is 1.07. The Morgan fingerprint density at radius 3 is 2.40 bits per heavy atom. The van der Waals surface area contributed by atoms with E-state index in [2.05, 4.69) is 5.32 Å². The number of nitrogens with one attached hydrogen (secondary N) is 1. The van der Waals surface area contributed by atoms with Crippen LogP contribution >= 0.6 is 11.6 Å². The van der Waals surface area contributed by atoms with Gasteiger partial charge in [0.05, 0.1) is 6.54 Å². The van der Waals surface area contributed by atoms with Gasteiger partial charge in [0.1, 0.15) is 0 Å². The van der Waals surface area contributed by atoms with Gasteiger partial charge in [0.15, 0.2) is 6.29 Å². The van der Waals surface area contributed by atoms with Gasteiger partial charge in [-0.15, -0.1) is 0 Å². The monoisotopic (exact) mass is 167 g/mol. The first-order chi connectivity index (χ1) is 4.70. The molecule has 60 valence electrons. The molecule has 0 aliphatic rings. The van der Waals surface area contributed by atoms with Crippen molar-refractivity contribution in [3.05, 3.63) is 0 Å². The molecule has 1 N–H and O–H groups in total. The van der Waals surface area contributed by atoms with Crippen molar-refractivity contribution in [1.82, 2.24) is 5.32 Å². The summed E-state index contributed by atoms with van der Waals surface area (Å²) in [5, 5.41) is 1.71. The molecule has 10 heavy (non-hydrogen) atoms. The molecular weight excluding hydrogens is 158 g/mol. The summed E-state index contributed by atoms with van der Waals surface area (Å²) in [5.41, 5.74) is 0. The molecule has 5 heteroatoms. The summed E-state index contributed by atoms with van der Waals surface area (Å²) in [6, 6.07) is 0. The summed E-state index contributed by atoms with van der Waals surface area (Å²) < 4.78 is 9.51. The lowest BCUT2D eigenvalue weighted by molar-refractivity contribution is -0.0968. The zero-order valence-corrected chi connectivity index (χ0v) is 6.64. The molecule has 0 aliphatic heterocycles. The molecular formula is C5H10ClNO3. The molecule has 0 radical (unpaired) electrons. The van der Waals surface area contributed by atoms with Gasteiger partial charge in [0.25, 0.3) is 0 Å². The van der Waals surface area contributed by atoms with E-state index >= 15 is 0 Å². The molecule has 0 fully saturated rings. The van der Waals surface area contributed by atoms with Crippen molar-refractivity contribution >= 4 is 17.0 Å². The van der Waals surface area contributed by atoms with Crippen LogP contribution in [0.4, 0.5) is 4.79 Å². The highest BCUT2D eigenvalue weighted by atomic mass is 35.5. The van der Waals surface area contributed by atoms with Gasteiger partial charge in [-0.1, -0.05) is 0 Å². The van der Waals surface area contributed by atoms with Crippen molar-refractivity contribution in [3.63, 3.8) is 0 Å². The minimum absolute atomic E-state index is 0.259. The second kappa shape index (κ2) is 5.46. The number of carbonyl (C=O) groups is 1. The van der Waals surface area contributed by atoms with E-state index in [-0.39, 0.29) is 6.54 Å². The van der Waals surface area contributed by atoms with Crippen LogP contribution in [0, 0.1) is 0 Å². The van der Waals surface area contributed by atoms with E-state index in [0.717, 1.165) is 0 Å². The highest BCUT2D eigenvalue weighted by Crippen LogP contribution is 1.88. The fourth-order valence-corrected chi connectivity index (χ4v) is 0.504. The van der Waals surface area contributed by atoms with E-state index in [1.54, 1.807) is 0 Å². The molecule has 0 saturated carbocycles. The van der Waals surface area contributed by atoms with Gasteiger partial charge < -0.3 is 14.8 Å². The summed E-state index contributed by atoms with van der Waals surface area (Å²) in [6.07, 6.45) is -0.428. The number of carbonyl (C=O) groups excluding carboxylic acids is 1. The fraction of sp³-hybridized carbons (Fsp3) is 0.800. The van der Waals surface area contributed by atoms with Crippen LogP contribution < -0.4 is 5.32 Å². The first kappa shape index (κ1) is 9.68. The van der Waals surface area contributed by atoms with Crippen LogP contribution in [0.5, 0.6) is 0 Å². The lowest BCUT2D eigenvalue weighted by Crippen LogP contribution is -2.31. The van der Waals surface area contributed by atoms with Gasteiger partial charge in [0.2, 0.25) is 0 Å². The summed E-state index contributed by atoms with van der Waals surface area (Å²) >= 11 is 4.97. The zero-order valence-electron chi connectivity index (χ0n) is 5.89. The lowest BCUT2D eigenvalue weighted by atomic mass is 10.6. The van der Waals surface area contributed by atoms with E-state index in [9.17, 15) is 4.79 Å². The van der Waals surface area contributed by atoms with Crippen LogP contribution in [0.2, 0.25) is 0 Å². The van der Waals surface area contributed by atoms with Crippen molar-refractivity contribution in [2.75, 3.05) is 20.8 Å². The second-order valence-electron chi connectivity index (χ2n) is 1.56. The van der Waals surface area contributed by atoms with Gasteiger partial charge in [0, 0.05) is 14.2 Å². The molecule has 0 unspecified atom stereocenters. The maximum Gasteiger partial charge on any atom is 0.313 e. The van der Waals surface area contributed by atoms with Gasteiger partial charge in [-0.05, 0) is 11.6 Å². The maximum atomic E-state index is 10.1. The molecule has 0 atom stereocenters. The molecule has 0 heterocycles. The Balaban J connectivity index is 3.34. The SMILES string of the molecule is COC(CNC(=O)Cl)OC. The number of methoxy groups -OCH3 is 2. The number of rotatable bonds is 4. The molecule has 0 bridgehead atoms. The number of hydrogen-bond acceptors (Lipinski definition) is 3. The van der Waals surface area contributed by atoms with E-state index in [4.69, 9.17) is 21.1 Å². The first-order valence-electron chi connectivity index (χ1n) is 2.69. The van der Waals surface area contributed by atoms with Crippen molar-refractivity contribution in [2.24, 2.45) is 0 Å². The Morgan fingerprint density at radius 1 is 1.60 bits per heavy atom. The standard InChI is InChI=1S/C5H10ClNO3/c1-9-4(10-2)3-7-5(6)8/h4H,3H2,1-2H3,(H,7,8). The summed E-state index contributed by atoms with van der Waals surface area (Å²) in [6.45, 7) is 0.259. The van der Waals surface area contributed by atoms with Gasteiger partial charge >= 0.3 is 5.37 Å². The minimum Gasteiger partial charge on any atom is -0.354 e. The van der Waals surface area contributed by atoms with Gasteiger partial charge in [-0.2, -0.15) is 0 Å². The van der Waals surface area contributed by atoms with Crippen LogP contribution in [0.3, 0.4) is 0 Å². The molecule has 0 aliphatic carbocycles. The van der Waals surface area contributed by atoms with Crippen molar-refractivity contribution in [2.45, 2.75) is 6.29 Å². The van der Waals surface area contributed by atoms with Crippen LogP contribution in [-0.2, 0) is 9.47 Å². The van der Waals surface area contributed by atoms with Crippen molar-refractivity contribution < 1.29 is 14.3 Å². The molecule has 1 amide bonds. The van der Waals surface area contributed by atoms with Crippen molar-refractivity contribution in [1.29, 1.82) is 0 Å². The molecule has 0 rings (SSSR count). The van der Waals surface area contributed by atoms with E-state index < -0.39 is 11.7 Å². The Kier molecular flexibility index (Phi) is 5.29. The summed E-state index contributed by atoms with van der Waals surface area (Å²) in [5.74, 6) is 0. The van der Waals surface area contributed by atoms with Gasteiger partial charge in [-0.25, -0.2) is 0 Å². The Morgan fingerprint density at radius 2 is 2.10 bits per heavy atom. The molecule has 0 saturated heterocycles. The van der Waals surface area contributed by atoms with Crippen LogP contribution in [0.15, 0.2) is 0 Å². The number of halogens is 1. The average molecular weight is 168 g/mol. The van der Waals surface area contributed by atoms with Crippen LogP contribution in [0.1, 0.15) is 0 Å². The largest absolute Gasteiger partial charge is 0.354 e. The van der Waals surface area contributed by atoms with Crippen LogP contribution in [0.25, 0.3) is 0 Å². The topological polar surface area (TPSA) is 47.6 Å². The third kappa shape index (κ3) is 4.55. The molecule has 4 nitrogen and oxygen atoms in total. The number of amides is 1. The van der Waals surface area contributed by atoms with E-state index in [0.29, 0.717) is 0 Å². The smallest absolute Gasteiger partial charge is 0.313 e. The maximum absolute atomic E-state index is 10.1. The molecule has 0 aromatic heterocycles. The lowest BCUT2D eigenvalue weighted by Gasteiger charge is -2.11. The predicted molar refractivity (Wildman–Crippen MR) is 37.1 cm³/mol. The quantitative estimate of drug-likeness (QED) is 0.378. The average Bonchev–Trinajstić information content (AvgIpc) is 1.90. The second-order valence-corrected chi connectivity index (χ2v) is 1.90. The normalized spacial score (nSPS) is 10.0. The highest BCUT2D eigenvalue weighted by Gasteiger charge is 2.04. The molecule has 0 spiro atoms. The first-order valence-corrected chi connectivity index (χ1v) is 3.07. The Hall–Kier alpha value is -0.320. The van der Waals surface area contributed by atoms with Crippen LogP contribution in [-0.4, -0.2) is 32.4 Å². The van der Waals surface area contributed by atoms with E-state index in [1.165, 1.54) is 14.2 Å². The highest BCUT2D eigenvalue weighted by molar-refractivity contribution is 6.62. The zero-order chi connectivity index (χ0) is 7.98. The number of ether oxygens (including phenoxy) is 2. The Labute approximate surface area is 64.4 Å². The van der Waals surface area contributed by atoms with Crippen molar-refractivity contribution in [3.8, 4) is 0 Å². The number of hydrogen-bond donors (Lipinski definition) is 1. The minimum atomic E-state index is -0.612. The van der Waals surface area contributed by atoms with Gasteiger partial charge in [-0.3, -0.25) is 4.79 Å². The third-order valence-electron chi connectivity index (χ3n) is 0.933. The fourth-order valence-electron chi connectivity index (χ4n) is 0.426. The Bertz CT molecular complexity index is 105. The summed E-state index contributed by atoms with van der Waals surface area (Å²) in [4.78, 5) is 10.1. The molecule has 0 aromatic carbocycles. The predicted octanol–water partition coefficient (Wildman–Crippen LogP) is 0.554. The van der Waals surface area contributed by atoms with E-state index in [1.807, 2.05) is 0 Å². The molecule has 0 aromatic rings. The summed E-state index contributed by atoms with van der Waals surface area (Å²) in [7, 11) is 2.96.